The fourth-order valence-electron chi connectivity index (χ4n) is 1.80. The number of benzene rings is 1. The molecule has 1 heterocycles. The van der Waals surface area contributed by atoms with Crippen LogP contribution in [0.2, 0.25) is 0 Å². The van der Waals surface area contributed by atoms with E-state index in [2.05, 4.69) is 9.97 Å². The van der Waals surface area contributed by atoms with Crippen molar-refractivity contribution in [3.8, 4) is 17.3 Å². The highest BCUT2D eigenvalue weighted by atomic mass is 32.2. The van der Waals surface area contributed by atoms with Crippen LogP contribution in [0.15, 0.2) is 22.1 Å². The van der Waals surface area contributed by atoms with Crippen molar-refractivity contribution in [3.63, 3.8) is 0 Å². The van der Waals surface area contributed by atoms with Crippen LogP contribution in [0.1, 0.15) is 11.1 Å². The van der Waals surface area contributed by atoms with Crippen LogP contribution in [0.5, 0.6) is 0 Å². The van der Waals surface area contributed by atoms with Gasteiger partial charge in [-0.05, 0) is 18.4 Å². The number of alkyl halides is 3. The van der Waals surface area contributed by atoms with E-state index in [0.717, 1.165) is 11.8 Å². The molecular weight excluding hydrogens is 341 g/mol. The van der Waals surface area contributed by atoms with Crippen LogP contribution in [0, 0.1) is 23.0 Å². The molecule has 1 aromatic heterocycles. The molecule has 0 fully saturated rings. The molecule has 0 aliphatic carbocycles. The van der Waals surface area contributed by atoms with E-state index in [0.29, 0.717) is 12.1 Å². The van der Waals surface area contributed by atoms with Crippen LogP contribution in [-0.4, -0.2) is 16.2 Å². The molecule has 2 rings (SSSR count). The van der Waals surface area contributed by atoms with Gasteiger partial charge in [-0.15, -0.1) is 0 Å². The van der Waals surface area contributed by atoms with Gasteiger partial charge >= 0.3 is 6.18 Å². The molecule has 0 spiro atoms. The van der Waals surface area contributed by atoms with E-state index in [9.17, 15) is 26.7 Å². The summed E-state index contributed by atoms with van der Waals surface area (Å²) in [6, 6.07) is 2.44. The molecule has 0 saturated heterocycles. The van der Waals surface area contributed by atoms with Gasteiger partial charge in [0.15, 0.2) is 16.8 Å². The van der Waals surface area contributed by atoms with E-state index in [1.807, 2.05) is 0 Å². The van der Waals surface area contributed by atoms with Crippen LogP contribution in [0.3, 0.4) is 0 Å². The Balaban J connectivity index is 2.79. The van der Waals surface area contributed by atoms with Crippen molar-refractivity contribution >= 4 is 11.8 Å². The SMILES string of the molecule is CSc1nc(-c2ccc(C(F)(F)F)c(F)c2F)c(C#N)c(=O)[nH]1. The zero-order valence-corrected chi connectivity index (χ0v) is 12.1. The Bertz CT molecular complexity index is 870. The predicted octanol–water partition coefficient (Wildman–Crippen LogP) is 3.33. The number of nitrogens with one attached hydrogen (secondary N) is 1. The summed E-state index contributed by atoms with van der Waals surface area (Å²) in [6.07, 6.45) is -3.55. The number of rotatable bonds is 2. The number of nitriles is 1. The number of hydrogen-bond donors (Lipinski definition) is 1. The highest BCUT2D eigenvalue weighted by Crippen LogP contribution is 2.35. The first-order valence-corrected chi connectivity index (χ1v) is 7.07. The molecule has 120 valence electrons. The lowest BCUT2D eigenvalue weighted by atomic mass is 10.0. The van der Waals surface area contributed by atoms with Crippen LogP contribution in [-0.2, 0) is 6.18 Å². The highest BCUT2D eigenvalue weighted by Gasteiger charge is 2.36. The van der Waals surface area contributed by atoms with Gasteiger partial charge in [0.2, 0.25) is 0 Å². The summed E-state index contributed by atoms with van der Waals surface area (Å²) in [5.41, 5.74) is -4.53. The van der Waals surface area contributed by atoms with E-state index < -0.39 is 45.8 Å². The number of aromatic nitrogens is 2. The monoisotopic (exact) mass is 347 g/mol. The summed E-state index contributed by atoms with van der Waals surface area (Å²) >= 11 is 0.956. The predicted molar refractivity (Wildman–Crippen MR) is 71.7 cm³/mol. The van der Waals surface area contributed by atoms with Crippen LogP contribution in [0.4, 0.5) is 22.0 Å². The molecule has 0 unspecified atom stereocenters. The second-order valence-corrected chi connectivity index (χ2v) is 4.99. The van der Waals surface area contributed by atoms with Gasteiger partial charge in [0.05, 0.1) is 11.3 Å². The highest BCUT2D eigenvalue weighted by molar-refractivity contribution is 7.98. The Morgan fingerprint density at radius 2 is 1.91 bits per heavy atom. The van der Waals surface area contributed by atoms with Gasteiger partial charge in [-0.2, -0.15) is 18.4 Å². The van der Waals surface area contributed by atoms with Gasteiger partial charge in [0.25, 0.3) is 5.56 Å². The molecule has 0 aliphatic rings. The van der Waals surface area contributed by atoms with Gasteiger partial charge in [0.1, 0.15) is 11.6 Å². The third-order valence-corrected chi connectivity index (χ3v) is 3.43. The number of nitrogens with zero attached hydrogens (tertiary/aromatic N) is 2. The Hall–Kier alpha value is -2.41. The minimum Gasteiger partial charge on any atom is -0.300 e. The van der Waals surface area contributed by atoms with E-state index >= 15 is 0 Å². The topological polar surface area (TPSA) is 69.5 Å². The van der Waals surface area contributed by atoms with Gasteiger partial charge in [-0.25, -0.2) is 13.8 Å². The molecule has 0 radical (unpaired) electrons. The Kier molecular flexibility index (Phi) is 4.42. The zero-order valence-electron chi connectivity index (χ0n) is 11.3. The van der Waals surface area contributed by atoms with Crippen molar-refractivity contribution in [2.45, 2.75) is 11.3 Å². The average Bonchev–Trinajstić information content (AvgIpc) is 2.47. The number of hydrogen-bond acceptors (Lipinski definition) is 4. The fourth-order valence-corrected chi connectivity index (χ4v) is 2.18. The van der Waals surface area contributed by atoms with E-state index in [1.54, 1.807) is 0 Å². The summed E-state index contributed by atoms with van der Waals surface area (Å²) in [5, 5.41) is 8.96. The third-order valence-electron chi connectivity index (χ3n) is 2.85. The lowest BCUT2D eigenvalue weighted by Crippen LogP contribution is -2.16. The van der Waals surface area contributed by atoms with E-state index in [4.69, 9.17) is 5.26 Å². The van der Waals surface area contributed by atoms with Crippen molar-refractivity contribution in [2.75, 3.05) is 6.26 Å². The van der Waals surface area contributed by atoms with Crippen molar-refractivity contribution < 1.29 is 22.0 Å². The van der Waals surface area contributed by atoms with E-state index in [-0.39, 0.29) is 5.16 Å². The average molecular weight is 347 g/mol. The summed E-state index contributed by atoms with van der Waals surface area (Å²) in [6.45, 7) is 0. The normalized spacial score (nSPS) is 11.3. The second kappa shape index (κ2) is 6.00. The molecule has 1 aromatic carbocycles. The van der Waals surface area contributed by atoms with Gasteiger partial charge in [0, 0.05) is 5.56 Å². The van der Waals surface area contributed by atoms with Gasteiger partial charge in [-0.1, -0.05) is 11.8 Å². The molecule has 10 heteroatoms. The van der Waals surface area contributed by atoms with Gasteiger partial charge in [-0.3, -0.25) is 4.79 Å². The largest absolute Gasteiger partial charge is 0.419 e. The molecule has 1 N–H and O–H groups in total. The smallest absolute Gasteiger partial charge is 0.300 e. The number of halogens is 5. The minimum atomic E-state index is -5.08. The lowest BCUT2D eigenvalue weighted by Gasteiger charge is -2.11. The second-order valence-electron chi connectivity index (χ2n) is 4.20. The quantitative estimate of drug-likeness (QED) is 0.514. The number of thioether (sulfide) groups is 1. The maximum Gasteiger partial charge on any atom is 0.419 e. The number of H-pyrrole nitrogens is 1. The molecule has 0 amide bonds. The summed E-state index contributed by atoms with van der Waals surface area (Å²) < 4.78 is 65.4. The third kappa shape index (κ3) is 3.05. The molecule has 0 aliphatic heterocycles. The van der Waals surface area contributed by atoms with Crippen molar-refractivity contribution in [3.05, 3.63) is 45.2 Å². The van der Waals surface area contributed by atoms with Crippen molar-refractivity contribution in [1.29, 1.82) is 5.26 Å². The summed E-state index contributed by atoms with van der Waals surface area (Å²) in [7, 11) is 0. The van der Waals surface area contributed by atoms with E-state index in [1.165, 1.54) is 12.3 Å². The molecule has 23 heavy (non-hydrogen) atoms. The molecule has 4 nitrogen and oxygen atoms in total. The first-order chi connectivity index (χ1) is 10.7. The molecule has 2 aromatic rings. The molecule has 0 saturated carbocycles. The van der Waals surface area contributed by atoms with Crippen molar-refractivity contribution in [2.24, 2.45) is 0 Å². The van der Waals surface area contributed by atoms with Crippen molar-refractivity contribution in [1.82, 2.24) is 9.97 Å². The van der Waals surface area contributed by atoms with Gasteiger partial charge < -0.3 is 4.98 Å². The first-order valence-electron chi connectivity index (χ1n) is 5.84. The molecule has 0 atom stereocenters. The van der Waals surface area contributed by atoms with Crippen LogP contribution >= 0.6 is 11.8 Å². The summed E-state index contributed by atoms with van der Waals surface area (Å²) in [4.78, 5) is 17.7. The lowest BCUT2D eigenvalue weighted by molar-refractivity contribution is -0.140. The Labute approximate surface area is 130 Å². The minimum absolute atomic E-state index is 0.00343. The van der Waals surface area contributed by atoms with Crippen LogP contribution < -0.4 is 5.56 Å². The zero-order chi connectivity index (χ0) is 17.4. The molecule has 0 bridgehead atoms. The summed E-state index contributed by atoms with van der Waals surface area (Å²) in [5.74, 6) is -3.95. The molecular formula is C13H6F5N3OS. The standard InChI is InChI=1S/C13H6F5N3OS/c1-23-12-20-10(6(4-19)11(22)21-12)5-2-3-7(13(16,17)18)9(15)8(5)14/h2-3H,1H3,(H,20,21,22). The maximum atomic E-state index is 14.0. The fraction of sp³-hybridized carbons (Fsp3) is 0.154. The Morgan fingerprint density at radius 3 is 2.43 bits per heavy atom. The number of aromatic amines is 1. The maximum absolute atomic E-state index is 14.0. The van der Waals surface area contributed by atoms with Crippen LogP contribution in [0.25, 0.3) is 11.3 Å². The first kappa shape index (κ1) is 17.0. The Morgan fingerprint density at radius 1 is 1.26 bits per heavy atom.